The minimum Gasteiger partial charge on any atom is -0.379 e. The zero-order chi connectivity index (χ0) is 15.4. The molecule has 0 aromatic heterocycles. The molecule has 0 radical (unpaired) electrons. The van der Waals surface area contributed by atoms with E-state index in [-0.39, 0.29) is 0 Å². The number of hydrogen-bond acceptors (Lipinski definition) is 3. The van der Waals surface area contributed by atoms with Gasteiger partial charge in [0, 0.05) is 25.7 Å². The van der Waals surface area contributed by atoms with Crippen molar-refractivity contribution in [3.8, 4) is 0 Å². The van der Waals surface area contributed by atoms with Gasteiger partial charge in [-0.15, -0.1) is 0 Å². The Morgan fingerprint density at radius 1 is 1.27 bits per heavy atom. The molecule has 3 fully saturated rings. The molecule has 2 bridgehead atoms. The molecule has 0 amide bonds. The van der Waals surface area contributed by atoms with Crippen molar-refractivity contribution in [3.05, 3.63) is 0 Å². The molecule has 1 heterocycles. The number of morpholine rings is 1. The molecule has 22 heavy (non-hydrogen) atoms. The molecule has 4 nitrogen and oxygen atoms in total. The van der Waals surface area contributed by atoms with E-state index in [9.17, 15) is 0 Å². The summed E-state index contributed by atoms with van der Waals surface area (Å²) in [6.07, 6.45) is 6.94. The van der Waals surface area contributed by atoms with Gasteiger partial charge in [-0.25, -0.2) is 0 Å². The Morgan fingerprint density at radius 2 is 2.09 bits per heavy atom. The van der Waals surface area contributed by atoms with Gasteiger partial charge in [-0.05, 0) is 69.1 Å². The predicted octanol–water partition coefficient (Wildman–Crippen LogP) is 2.00. The number of ether oxygens (including phenoxy) is 1. The number of fused-ring (bicyclic) bond motifs is 2. The lowest BCUT2D eigenvalue weighted by atomic mass is 9.84. The molecule has 0 aromatic rings. The standard InChI is InChI=1S/C17H31N3OS/c1-13(16-12-14-3-4-15(16)11-14)19-17(22)18-5-2-6-20-7-9-21-10-8-20/h13-16H,2-12H2,1H3,(H2,18,19,22)/t13-,14+,15+,16-/m1/s1. The van der Waals surface area contributed by atoms with Crippen molar-refractivity contribution in [3.63, 3.8) is 0 Å². The second-order valence-electron chi connectivity index (χ2n) is 7.34. The Kier molecular flexibility index (Phi) is 5.94. The van der Waals surface area contributed by atoms with Crippen LogP contribution in [-0.4, -0.2) is 55.4 Å². The molecule has 0 unspecified atom stereocenters. The van der Waals surface area contributed by atoms with E-state index in [4.69, 9.17) is 17.0 Å². The molecule has 2 N–H and O–H groups in total. The maximum Gasteiger partial charge on any atom is 0.166 e. The fraction of sp³-hybridized carbons (Fsp3) is 0.941. The summed E-state index contributed by atoms with van der Waals surface area (Å²) in [6.45, 7) is 8.33. The Morgan fingerprint density at radius 3 is 2.77 bits per heavy atom. The topological polar surface area (TPSA) is 36.5 Å². The fourth-order valence-electron chi connectivity index (χ4n) is 4.60. The second kappa shape index (κ2) is 7.93. The van der Waals surface area contributed by atoms with E-state index in [2.05, 4.69) is 22.5 Å². The first-order valence-corrected chi connectivity index (χ1v) is 9.47. The molecule has 3 rings (SSSR count). The average Bonchev–Trinajstić information content (AvgIpc) is 3.15. The van der Waals surface area contributed by atoms with Crippen LogP contribution in [0.4, 0.5) is 0 Å². The third-order valence-electron chi connectivity index (χ3n) is 5.83. The molecular formula is C17H31N3OS. The first-order valence-electron chi connectivity index (χ1n) is 9.07. The van der Waals surface area contributed by atoms with Crippen LogP contribution < -0.4 is 10.6 Å². The van der Waals surface area contributed by atoms with E-state index in [0.29, 0.717) is 6.04 Å². The average molecular weight is 326 g/mol. The van der Waals surface area contributed by atoms with Crippen LogP contribution in [0.25, 0.3) is 0 Å². The quantitative estimate of drug-likeness (QED) is 0.577. The third kappa shape index (κ3) is 4.33. The maximum atomic E-state index is 5.47. The zero-order valence-corrected chi connectivity index (χ0v) is 14.7. The number of rotatable bonds is 6. The van der Waals surface area contributed by atoms with Crippen LogP contribution in [0.1, 0.15) is 39.0 Å². The summed E-state index contributed by atoms with van der Waals surface area (Å²) in [5.41, 5.74) is 0. The maximum absolute atomic E-state index is 5.47. The fourth-order valence-corrected chi connectivity index (χ4v) is 4.89. The lowest BCUT2D eigenvalue weighted by Gasteiger charge is -2.29. The van der Waals surface area contributed by atoms with Crippen molar-refractivity contribution in [2.45, 2.75) is 45.1 Å². The van der Waals surface area contributed by atoms with Gasteiger partial charge in [0.1, 0.15) is 0 Å². The highest BCUT2D eigenvalue weighted by Crippen LogP contribution is 2.49. The Hall–Kier alpha value is -0.390. The Balaban J connectivity index is 1.27. The van der Waals surface area contributed by atoms with Crippen molar-refractivity contribution in [2.24, 2.45) is 17.8 Å². The molecule has 2 saturated carbocycles. The highest BCUT2D eigenvalue weighted by Gasteiger charge is 2.41. The van der Waals surface area contributed by atoms with Gasteiger partial charge in [-0.3, -0.25) is 4.90 Å². The van der Waals surface area contributed by atoms with E-state index < -0.39 is 0 Å². The molecule has 0 aromatic carbocycles. The van der Waals surface area contributed by atoms with Crippen LogP contribution in [0.2, 0.25) is 0 Å². The lowest BCUT2D eigenvalue weighted by Crippen LogP contribution is -2.45. The van der Waals surface area contributed by atoms with Gasteiger partial charge >= 0.3 is 0 Å². The number of thiocarbonyl (C=S) groups is 1. The van der Waals surface area contributed by atoms with Crippen molar-refractivity contribution in [2.75, 3.05) is 39.4 Å². The van der Waals surface area contributed by atoms with E-state index in [1.807, 2.05) is 0 Å². The van der Waals surface area contributed by atoms with E-state index in [1.165, 1.54) is 25.7 Å². The molecule has 0 spiro atoms. The van der Waals surface area contributed by atoms with Crippen molar-refractivity contribution in [1.29, 1.82) is 0 Å². The van der Waals surface area contributed by atoms with Crippen LogP contribution in [-0.2, 0) is 4.74 Å². The minimum absolute atomic E-state index is 0.523. The smallest absolute Gasteiger partial charge is 0.166 e. The van der Waals surface area contributed by atoms with E-state index in [1.54, 1.807) is 0 Å². The van der Waals surface area contributed by atoms with Gasteiger partial charge in [0.15, 0.2) is 5.11 Å². The summed E-state index contributed by atoms with van der Waals surface area (Å²) in [4.78, 5) is 2.47. The SMILES string of the molecule is C[C@@H](NC(=S)NCCCN1CCOCC1)[C@H]1C[C@H]2CC[C@H]1C2. The predicted molar refractivity (Wildman–Crippen MR) is 94.0 cm³/mol. The van der Waals surface area contributed by atoms with Gasteiger partial charge < -0.3 is 15.4 Å². The van der Waals surface area contributed by atoms with Crippen molar-refractivity contribution < 1.29 is 4.74 Å². The van der Waals surface area contributed by atoms with E-state index >= 15 is 0 Å². The number of hydrogen-bond donors (Lipinski definition) is 2. The summed E-state index contributed by atoms with van der Waals surface area (Å²) in [5, 5.41) is 7.76. The number of nitrogens with zero attached hydrogens (tertiary/aromatic N) is 1. The van der Waals surface area contributed by atoms with E-state index in [0.717, 1.165) is 68.7 Å². The minimum atomic E-state index is 0.523. The van der Waals surface area contributed by atoms with Crippen LogP contribution in [0, 0.1) is 17.8 Å². The lowest BCUT2D eigenvalue weighted by molar-refractivity contribution is 0.0376. The van der Waals surface area contributed by atoms with Crippen LogP contribution >= 0.6 is 12.2 Å². The van der Waals surface area contributed by atoms with Crippen molar-refractivity contribution in [1.82, 2.24) is 15.5 Å². The number of nitrogens with one attached hydrogen (secondary N) is 2. The molecule has 5 heteroatoms. The van der Waals surface area contributed by atoms with Crippen LogP contribution in [0.3, 0.4) is 0 Å². The summed E-state index contributed by atoms with van der Waals surface area (Å²) < 4.78 is 5.37. The van der Waals surface area contributed by atoms with Crippen LogP contribution in [0.5, 0.6) is 0 Å². The molecule has 4 atom stereocenters. The van der Waals surface area contributed by atoms with Gasteiger partial charge in [0.2, 0.25) is 0 Å². The monoisotopic (exact) mass is 325 g/mol. The highest BCUT2D eigenvalue weighted by atomic mass is 32.1. The molecule has 1 aliphatic heterocycles. The third-order valence-corrected chi connectivity index (χ3v) is 6.10. The van der Waals surface area contributed by atoms with Gasteiger partial charge in [-0.2, -0.15) is 0 Å². The summed E-state index contributed by atoms with van der Waals surface area (Å²) in [5.74, 6) is 2.80. The largest absolute Gasteiger partial charge is 0.379 e. The molecule has 2 aliphatic carbocycles. The normalized spacial score (nSPS) is 32.9. The highest BCUT2D eigenvalue weighted by molar-refractivity contribution is 7.80. The Labute approximate surface area is 140 Å². The van der Waals surface area contributed by atoms with Gasteiger partial charge in [-0.1, -0.05) is 6.42 Å². The molecule has 3 aliphatic rings. The van der Waals surface area contributed by atoms with Gasteiger partial charge in [0.05, 0.1) is 13.2 Å². The second-order valence-corrected chi connectivity index (χ2v) is 7.74. The van der Waals surface area contributed by atoms with Crippen molar-refractivity contribution >= 4 is 17.3 Å². The summed E-state index contributed by atoms with van der Waals surface area (Å²) in [7, 11) is 0. The first kappa shape index (κ1) is 16.5. The summed E-state index contributed by atoms with van der Waals surface area (Å²) in [6, 6.07) is 0.523. The molecule has 1 saturated heterocycles. The first-order chi connectivity index (χ1) is 10.7. The molecule has 126 valence electrons. The Bertz CT molecular complexity index is 373. The zero-order valence-electron chi connectivity index (χ0n) is 13.9. The van der Waals surface area contributed by atoms with Gasteiger partial charge in [0.25, 0.3) is 0 Å². The summed E-state index contributed by atoms with van der Waals surface area (Å²) >= 11 is 5.47. The molecular weight excluding hydrogens is 294 g/mol. The van der Waals surface area contributed by atoms with Crippen LogP contribution in [0.15, 0.2) is 0 Å².